The number of halogens is 1. The third-order valence-electron chi connectivity index (χ3n) is 4.58. The van der Waals surface area contributed by atoms with Gasteiger partial charge in [0.05, 0.1) is 19.3 Å². The second-order valence-corrected chi connectivity index (χ2v) is 6.35. The summed E-state index contributed by atoms with van der Waals surface area (Å²) in [5.74, 6) is 1.83. The van der Waals surface area contributed by atoms with Crippen LogP contribution in [-0.4, -0.2) is 56.2 Å². The van der Waals surface area contributed by atoms with Gasteiger partial charge in [-0.25, -0.2) is 0 Å². The molecular formula is C20H28IN5O. The Labute approximate surface area is 178 Å². The van der Waals surface area contributed by atoms with Crippen molar-refractivity contribution in [3.05, 3.63) is 53.9 Å². The topological polar surface area (TPSA) is 53.0 Å². The average molecular weight is 481 g/mol. The van der Waals surface area contributed by atoms with Crippen molar-refractivity contribution < 1.29 is 4.74 Å². The summed E-state index contributed by atoms with van der Waals surface area (Å²) >= 11 is 0. The summed E-state index contributed by atoms with van der Waals surface area (Å²) in [5, 5.41) is 3.43. The first-order chi connectivity index (χ1) is 12.7. The number of piperazine rings is 1. The third kappa shape index (κ3) is 5.72. The number of ether oxygens (including phenoxy) is 1. The molecule has 0 aliphatic carbocycles. The zero-order chi connectivity index (χ0) is 18.4. The Morgan fingerprint density at radius 3 is 2.56 bits per heavy atom. The minimum Gasteiger partial charge on any atom is -0.497 e. The number of nitrogens with one attached hydrogen (secondary N) is 1. The second-order valence-electron chi connectivity index (χ2n) is 6.35. The van der Waals surface area contributed by atoms with Crippen LogP contribution in [0.5, 0.6) is 5.75 Å². The van der Waals surface area contributed by atoms with Gasteiger partial charge in [-0.05, 0) is 31.2 Å². The Hall–Kier alpha value is -2.03. The van der Waals surface area contributed by atoms with Crippen molar-refractivity contribution in [3.63, 3.8) is 0 Å². The number of aromatic nitrogens is 1. The minimum atomic E-state index is 0. The smallest absolute Gasteiger partial charge is 0.194 e. The second kappa shape index (κ2) is 10.3. The maximum atomic E-state index is 5.33. The minimum absolute atomic E-state index is 0. The molecule has 0 bridgehead atoms. The van der Waals surface area contributed by atoms with Gasteiger partial charge in [0.2, 0.25) is 0 Å². The molecule has 0 radical (unpaired) electrons. The Kier molecular flexibility index (Phi) is 8.15. The Morgan fingerprint density at radius 2 is 1.89 bits per heavy atom. The van der Waals surface area contributed by atoms with Crippen molar-refractivity contribution in [2.45, 2.75) is 13.5 Å². The molecule has 0 spiro atoms. The lowest BCUT2D eigenvalue weighted by molar-refractivity contribution is 0.371. The van der Waals surface area contributed by atoms with Crippen LogP contribution in [0, 0.1) is 6.92 Å². The number of guanidine groups is 1. The van der Waals surface area contributed by atoms with E-state index in [1.54, 1.807) is 7.11 Å². The predicted molar refractivity (Wildman–Crippen MR) is 121 cm³/mol. The molecule has 0 saturated carbocycles. The fraction of sp³-hybridized carbons (Fsp3) is 0.400. The van der Waals surface area contributed by atoms with Crippen molar-refractivity contribution in [1.82, 2.24) is 15.2 Å². The van der Waals surface area contributed by atoms with Crippen LogP contribution in [0.25, 0.3) is 0 Å². The average Bonchev–Trinajstić information content (AvgIpc) is 2.69. The van der Waals surface area contributed by atoms with E-state index in [1.807, 2.05) is 44.3 Å². The number of aliphatic imine (C=N–C) groups is 1. The molecule has 6 nitrogen and oxygen atoms in total. The highest BCUT2D eigenvalue weighted by Gasteiger charge is 2.20. The van der Waals surface area contributed by atoms with Crippen molar-refractivity contribution in [2.75, 3.05) is 45.2 Å². The van der Waals surface area contributed by atoms with Gasteiger partial charge in [-0.3, -0.25) is 9.98 Å². The number of rotatable bonds is 4. The van der Waals surface area contributed by atoms with Gasteiger partial charge in [0, 0.05) is 50.7 Å². The van der Waals surface area contributed by atoms with Crippen LogP contribution in [-0.2, 0) is 6.54 Å². The SMILES string of the molecule is CN=C(NCc1cccc(C)n1)N1CCN(c2cccc(OC)c2)CC1.I. The molecule has 3 rings (SSSR count). The summed E-state index contributed by atoms with van der Waals surface area (Å²) in [6.45, 7) is 6.46. The monoisotopic (exact) mass is 481 g/mol. The van der Waals surface area contributed by atoms with Crippen LogP contribution in [0.15, 0.2) is 47.5 Å². The van der Waals surface area contributed by atoms with Gasteiger partial charge in [0.1, 0.15) is 5.75 Å². The summed E-state index contributed by atoms with van der Waals surface area (Å²) in [4.78, 5) is 13.7. The number of benzene rings is 1. The first kappa shape index (κ1) is 21.3. The number of nitrogens with zero attached hydrogens (tertiary/aromatic N) is 4. The van der Waals surface area contributed by atoms with E-state index < -0.39 is 0 Å². The van der Waals surface area contributed by atoms with Crippen LogP contribution >= 0.6 is 24.0 Å². The van der Waals surface area contributed by atoms with Gasteiger partial charge in [-0.2, -0.15) is 0 Å². The maximum Gasteiger partial charge on any atom is 0.194 e. The zero-order valence-electron chi connectivity index (χ0n) is 16.2. The lowest BCUT2D eigenvalue weighted by Gasteiger charge is -2.37. The molecule has 2 aromatic rings. The first-order valence-corrected chi connectivity index (χ1v) is 8.97. The normalized spacial score (nSPS) is 14.6. The molecule has 0 atom stereocenters. The summed E-state index contributed by atoms with van der Waals surface area (Å²) < 4.78 is 5.33. The zero-order valence-corrected chi connectivity index (χ0v) is 18.5. The van der Waals surface area contributed by atoms with Crippen LogP contribution in [0.2, 0.25) is 0 Å². The van der Waals surface area contributed by atoms with Gasteiger partial charge in [-0.15, -0.1) is 24.0 Å². The van der Waals surface area contributed by atoms with Crippen LogP contribution in [0.3, 0.4) is 0 Å². The van der Waals surface area contributed by atoms with Gasteiger partial charge >= 0.3 is 0 Å². The molecule has 1 aromatic carbocycles. The number of hydrogen-bond donors (Lipinski definition) is 1. The molecule has 0 amide bonds. The van der Waals surface area contributed by atoms with E-state index >= 15 is 0 Å². The molecule has 2 heterocycles. The number of aryl methyl sites for hydroxylation is 1. The standard InChI is InChI=1S/C20H27N5O.HI/c1-16-6-4-7-17(23-16)15-22-20(21-2)25-12-10-24(11-13-25)18-8-5-9-19(14-18)26-3;/h4-9,14H,10-13,15H2,1-3H3,(H,21,22);1H. The molecule has 146 valence electrons. The van der Waals surface area contributed by atoms with Crippen molar-refractivity contribution in [1.29, 1.82) is 0 Å². The highest BCUT2D eigenvalue weighted by Crippen LogP contribution is 2.22. The van der Waals surface area contributed by atoms with Gasteiger partial charge < -0.3 is 19.9 Å². The van der Waals surface area contributed by atoms with E-state index in [1.165, 1.54) is 5.69 Å². The van der Waals surface area contributed by atoms with E-state index in [9.17, 15) is 0 Å². The summed E-state index contributed by atoms with van der Waals surface area (Å²) in [6.07, 6.45) is 0. The third-order valence-corrected chi connectivity index (χ3v) is 4.58. The maximum absolute atomic E-state index is 5.33. The van der Waals surface area contributed by atoms with Crippen LogP contribution < -0.4 is 15.0 Å². The molecule has 1 aromatic heterocycles. The highest BCUT2D eigenvalue weighted by atomic mass is 127. The van der Waals surface area contributed by atoms with E-state index in [-0.39, 0.29) is 24.0 Å². The molecule has 1 saturated heterocycles. The van der Waals surface area contributed by atoms with E-state index in [2.05, 4.69) is 37.2 Å². The fourth-order valence-electron chi connectivity index (χ4n) is 3.18. The molecule has 1 fully saturated rings. The molecule has 7 heteroatoms. The van der Waals surface area contributed by atoms with Crippen molar-refractivity contribution >= 4 is 35.6 Å². The van der Waals surface area contributed by atoms with Crippen LogP contribution in [0.4, 0.5) is 5.69 Å². The molecular weight excluding hydrogens is 453 g/mol. The number of methoxy groups -OCH3 is 1. The van der Waals surface area contributed by atoms with E-state index in [0.717, 1.165) is 49.3 Å². The summed E-state index contributed by atoms with van der Waals surface area (Å²) in [5.41, 5.74) is 3.27. The van der Waals surface area contributed by atoms with Gasteiger partial charge in [0.25, 0.3) is 0 Å². The molecule has 1 aliphatic rings. The number of hydrogen-bond acceptors (Lipinski definition) is 4. The van der Waals surface area contributed by atoms with E-state index in [4.69, 9.17) is 4.74 Å². The Bertz CT molecular complexity index is 760. The van der Waals surface area contributed by atoms with Crippen molar-refractivity contribution in [3.8, 4) is 5.75 Å². The highest BCUT2D eigenvalue weighted by molar-refractivity contribution is 14.0. The quantitative estimate of drug-likeness (QED) is 0.414. The first-order valence-electron chi connectivity index (χ1n) is 8.97. The lowest BCUT2D eigenvalue weighted by atomic mass is 10.2. The molecule has 1 N–H and O–H groups in total. The summed E-state index contributed by atoms with van der Waals surface area (Å²) in [6, 6.07) is 14.3. The Balaban J connectivity index is 0.00000261. The molecule has 0 unspecified atom stereocenters. The van der Waals surface area contributed by atoms with Gasteiger partial charge in [-0.1, -0.05) is 12.1 Å². The number of pyridine rings is 1. The van der Waals surface area contributed by atoms with Crippen LogP contribution in [0.1, 0.15) is 11.4 Å². The largest absolute Gasteiger partial charge is 0.497 e. The fourth-order valence-corrected chi connectivity index (χ4v) is 3.18. The molecule has 1 aliphatic heterocycles. The lowest BCUT2D eigenvalue weighted by Crippen LogP contribution is -2.52. The Morgan fingerprint density at radius 1 is 1.15 bits per heavy atom. The van der Waals surface area contributed by atoms with E-state index in [0.29, 0.717) is 6.54 Å². The van der Waals surface area contributed by atoms with Gasteiger partial charge in [0.15, 0.2) is 5.96 Å². The van der Waals surface area contributed by atoms with Crippen molar-refractivity contribution in [2.24, 2.45) is 4.99 Å². The number of anilines is 1. The summed E-state index contributed by atoms with van der Waals surface area (Å²) in [7, 11) is 3.54. The molecule has 27 heavy (non-hydrogen) atoms. The predicted octanol–water partition coefficient (Wildman–Crippen LogP) is 2.91.